The number of nitrogens with zero attached hydrogens (tertiary/aromatic N) is 1. The number of aliphatic hydroxyl groups is 1. The highest BCUT2D eigenvalue weighted by Gasteiger charge is 2.17. The molecule has 0 aliphatic carbocycles. The Morgan fingerprint density at radius 3 is 2.83 bits per heavy atom. The Morgan fingerprint density at radius 2 is 2.17 bits per heavy atom. The van der Waals surface area contributed by atoms with Gasteiger partial charge in [0, 0.05) is 33.9 Å². The lowest BCUT2D eigenvalue weighted by Crippen LogP contribution is -2.05. The molecule has 0 aliphatic rings. The number of benzene rings is 1. The van der Waals surface area contributed by atoms with Gasteiger partial charge in [-0.1, -0.05) is 17.7 Å². The lowest BCUT2D eigenvalue weighted by molar-refractivity contribution is 0.173. The fourth-order valence-electron chi connectivity index (χ4n) is 1.72. The summed E-state index contributed by atoms with van der Waals surface area (Å²) in [7, 11) is 0. The van der Waals surface area contributed by atoms with Gasteiger partial charge in [0.2, 0.25) is 0 Å². The van der Waals surface area contributed by atoms with E-state index in [-0.39, 0.29) is 17.0 Å². The molecule has 94 valence electrons. The summed E-state index contributed by atoms with van der Waals surface area (Å²) in [6.07, 6.45) is 2.54. The van der Waals surface area contributed by atoms with Crippen molar-refractivity contribution >= 4 is 27.5 Å². The minimum absolute atomic E-state index is 0.124. The molecule has 2 nitrogen and oxygen atoms in total. The molecule has 0 amide bonds. The van der Waals surface area contributed by atoms with Gasteiger partial charge in [0.1, 0.15) is 5.82 Å². The molecule has 0 fully saturated rings. The highest BCUT2D eigenvalue weighted by molar-refractivity contribution is 9.10. The molecule has 1 heterocycles. The predicted octanol–water partition coefficient (Wildman–Crippen LogP) is 3.91. The van der Waals surface area contributed by atoms with E-state index in [2.05, 4.69) is 20.9 Å². The number of aromatic nitrogens is 1. The van der Waals surface area contributed by atoms with Crippen LogP contribution in [-0.2, 0) is 6.42 Å². The third-order valence-electron chi connectivity index (χ3n) is 2.52. The molecule has 0 bridgehead atoms. The normalized spacial score (nSPS) is 12.4. The van der Waals surface area contributed by atoms with Gasteiger partial charge in [-0.15, -0.1) is 0 Å². The highest BCUT2D eigenvalue weighted by atomic mass is 79.9. The zero-order valence-corrected chi connectivity index (χ0v) is 11.6. The number of rotatable bonds is 3. The SMILES string of the molecule is OC(Cc1cncc(Br)c1)c1c(F)cccc1Cl. The average molecular weight is 331 g/mol. The highest BCUT2D eigenvalue weighted by Crippen LogP contribution is 2.28. The third kappa shape index (κ3) is 3.07. The van der Waals surface area contributed by atoms with Gasteiger partial charge in [-0.05, 0) is 39.7 Å². The van der Waals surface area contributed by atoms with Crippen LogP contribution < -0.4 is 0 Å². The van der Waals surface area contributed by atoms with Crippen LogP contribution in [0.3, 0.4) is 0 Å². The van der Waals surface area contributed by atoms with Crippen LogP contribution in [0.15, 0.2) is 41.1 Å². The molecule has 1 aromatic carbocycles. The summed E-state index contributed by atoms with van der Waals surface area (Å²) in [6, 6.07) is 6.17. The number of aliphatic hydroxyl groups excluding tert-OH is 1. The van der Waals surface area contributed by atoms with Crippen molar-refractivity contribution in [3.63, 3.8) is 0 Å². The van der Waals surface area contributed by atoms with Gasteiger partial charge in [-0.25, -0.2) is 4.39 Å². The van der Waals surface area contributed by atoms with E-state index in [4.69, 9.17) is 11.6 Å². The average Bonchev–Trinajstić information content (AvgIpc) is 2.28. The van der Waals surface area contributed by atoms with Crippen molar-refractivity contribution in [2.24, 2.45) is 0 Å². The van der Waals surface area contributed by atoms with Gasteiger partial charge in [-0.3, -0.25) is 4.98 Å². The largest absolute Gasteiger partial charge is 0.388 e. The molecule has 0 radical (unpaired) electrons. The fourth-order valence-corrected chi connectivity index (χ4v) is 2.42. The molecule has 1 unspecified atom stereocenters. The second-order valence-electron chi connectivity index (χ2n) is 3.87. The summed E-state index contributed by atoms with van der Waals surface area (Å²) in [5.41, 5.74) is 0.926. The van der Waals surface area contributed by atoms with Crippen molar-refractivity contribution in [1.82, 2.24) is 4.98 Å². The molecule has 1 aromatic heterocycles. The smallest absolute Gasteiger partial charge is 0.130 e. The Balaban J connectivity index is 2.25. The van der Waals surface area contributed by atoms with Crippen LogP contribution in [0, 0.1) is 5.82 Å². The minimum atomic E-state index is -0.991. The molecule has 1 atom stereocenters. The van der Waals surface area contributed by atoms with E-state index in [0.717, 1.165) is 10.0 Å². The van der Waals surface area contributed by atoms with Crippen LogP contribution in [0.25, 0.3) is 0 Å². The summed E-state index contributed by atoms with van der Waals surface area (Å²) >= 11 is 9.19. The summed E-state index contributed by atoms with van der Waals surface area (Å²) < 4.78 is 14.4. The summed E-state index contributed by atoms with van der Waals surface area (Å²) in [4.78, 5) is 3.99. The molecule has 5 heteroatoms. The molecule has 0 aliphatic heterocycles. The lowest BCUT2D eigenvalue weighted by Gasteiger charge is -2.13. The maximum atomic E-state index is 13.6. The molecule has 1 N–H and O–H groups in total. The molecule has 2 aromatic rings. The fraction of sp³-hybridized carbons (Fsp3) is 0.154. The maximum Gasteiger partial charge on any atom is 0.130 e. The second kappa shape index (κ2) is 5.78. The van der Waals surface area contributed by atoms with Crippen LogP contribution in [0.4, 0.5) is 4.39 Å². The van der Waals surface area contributed by atoms with Crippen LogP contribution in [0.5, 0.6) is 0 Å². The van der Waals surface area contributed by atoms with Gasteiger partial charge >= 0.3 is 0 Å². The molecule has 0 spiro atoms. The minimum Gasteiger partial charge on any atom is -0.388 e. The summed E-state index contributed by atoms with van der Waals surface area (Å²) in [5, 5.41) is 10.3. The Bertz CT molecular complexity index is 544. The Morgan fingerprint density at radius 1 is 1.39 bits per heavy atom. The first kappa shape index (κ1) is 13.5. The van der Waals surface area contributed by atoms with Crippen LogP contribution in [0.2, 0.25) is 5.02 Å². The van der Waals surface area contributed by atoms with Gasteiger partial charge in [0.25, 0.3) is 0 Å². The number of pyridine rings is 1. The molecule has 0 saturated heterocycles. The van der Waals surface area contributed by atoms with E-state index in [0.29, 0.717) is 0 Å². The van der Waals surface area contributed by atoms with Gasteiger partial charge < -0.3 is 5.11 Å². The van der Waals surface area contributed by atoms with E-state index in [1.54, 1.807) is 18.5 Å². The van der Waals surface area contributed by atoms with Crippen molar-refractivity contribution in [3.8, 4) is 0 Å². The monoisotopic (exact) mass is 329 g/mol. The standard InChI is InChI=1S/C13H10BrClFNO/c14-9-4-8(6-17-7-9)5-12(18)13-10(15)2-1-3-11(13)16/h1-4,6-7,12,18H,5H2. The third-order valence-corrected chi connectivity index (χ3v) is 3.29. The number of halogens is 3. The predicted molar refractivity (Wildman–Crippen MR) is 72.0 cm³/mol. The number of hydrogen-bond donors (Lipinski definition) is 1. The van der Waals surface area contributed by atoms with Crippen LogP contribution >= 0.6 is 27.5 Å². The second-order valence-corrected chi connectivity index (χ2v) is 5.19. The van der Waals surface area contributed by atoms with E-state index in [1.807, 2.05) is 6.07 Å². The Kier molecular flexibility index (Phi) is 4.32. The van der Waals surface area contributed by atoms with Crippen molar-refractivity contribution < 1.29 is 9.50 Å². The van der Waals surface area contributed by atoms with Gasteiger partial charge in [-0.2, -0.15) is 0 Å². The summed E-state index contributed by atoms with van der Waals surface area (Å²) in [5.74, 6) is -0.502. The molecule has 0 saturated carbocycles. The van der Waals surface area contributed by atoms with E-state index >= 15 is 0 Å². The molecular formula is C13H10BrClFNO. The van der Waals surface area contributed by atoms with E-state index in [9.17, 15) is 9.50 Å². The van der Waals surface area contributed by atoms with Crippen LogP contribution in [-0.4, -0.2) is 10.1 Å². The van der Waals surface area contributed by atoms with E-state index in [1.165, 1.54) is 12.1 Å². The first-order valence-corrected chi connectivity index (χ1v) is 6.46. The molecule has 18 heavy (non-hydrogen) atoms. The maximum absolute atomic E-state index is 13.6. The number of hydrogen-bond acceptors (Lipinski definition) is 2. The first-order chi connectivity index (χ1) is 8.58. The topological polar surface area (TPSA) is 33.1 Å². The Labute approximate surface area is 118 Å². The van der Waals surface area contributed by atoms with Gasteiger partial charge in [0.15, 0.2) is 0 Å². The van der Waals surface area contributed by atoms with Crippen molar-refractivity contribution in [2.75, 3.05) is 0 Å². The van der Waals surface area contributed by atoms with Crippen LogP contribution in [0.1, 0.15) is 17.2 Å². The van der Waals surface area contributed by atoms with Crippen molar-refractivity contribution in [3.05, 3.63) is 63.1 Å². The molecular weight excluding hydrogens is 321 g/mol. The molecule has 2 rings (SSSR count). The summed E-state index contributed by atoms with van der Waals surface area (Å²) in [6.45, 7) is 0. The quantitative estimate of drug-likeness (QED) is 0.925. The van der Waals surface area contributed by atoms with Crippen molar-refractivity contribution in [2.45, 2.75) is 12.5 Å². The first-order valence-electron chi connectivity index (χ1n) is 5.29. The lowest BCUT2D eigenvalue weighted by atomic mass is 10.0. The van der Waals surface area contributed by atoms with Gasteiger partial charge in [0.05, 0.1) is 6.10 Å². The van der Waals surface area contributed by atoms with Crippen molar-refractivity contribution in [1.29, 1.82) is 0 Å². The zero-order chi connectivity index (χ0) is 13.1. The van der Waals surface area contributed by atoms with E-state index < -0.39 is 11.9 Å². The zero-order valence-electron chi connectivity index (χ0n) is 9.28. The Hall–Kier alpha value is -0.970.